The van der Waals surface area contributed by atoms with Crippen molar-refractivity contribution in [2.75, 3.05) is 6.61 Å². The molecular formula is C26H25N5O9. The first kappa shape index (κ1) is 26.9. The van der Waals surface area contributed by atoms with Gasteiger partial charge in [0.2, 0.25) is 0 Å². The maximum atomic E-state index is 12.2. The van der Waals surface area contributed by atoms with E-state index in [1.807, 2.05) is 24.3 Å². The molecule has 2 aromatic heterocycles. The predicted octanol–water partition coefficient (Wildman–Crippen LogP) is 1.78. The maximum Gasteiger partial charge on any atom is 0.303 e. The zero-order chi connectivity index (χ0) is 28.6. The van der Waals surface area contributed by atoms with Gasteiger partial charge in [-0.05, 0) is 24.3 Å². The first-order valence-corrected chi connectivity index (χ1v) is 12.3. The van der Waals surface area contributed by atoms with Crippen molar-refractivity contribution in [3.05, 3.63) is 36.4 Å². The Bertz CT molecular complexity index is 1640. The van der Waals surface area contributed by atoms with Crippen LogP contribution in [0.3, 0.4) is 0 Å². The SMILES string of the molecule is CC(=O)OC[C@H]1O[C@@H](n2nnc3cc4nc5ccccc5nc4cc32)[C@H](OC(C)=O)[C@@H](OC(C)=O)[C@@H]1OC(C)=O. The standard InChI is InChI=1S/C26H25N5O9/c1-12(32)36-11-22-23(37-13(2)33)24(38-14(3)34)25(39-15(4)35)26(40-22)31-21-10-19-18(9-20(21)29-30-31)27-16-7-5-6-8-17(16)28-19/h5-10,22-26H,11H2,1-4H3/t22-,23-,24+,25-,26-/m1/s1. The van der Waals surface area contributed by atoms with Crippen molar-refractivity contribution >= 4 is 57.0 Å². The molecule has 14 heteroatoms. The molecule has 0 spiro atoms. The number of ether oxygens (including phenoxy) is 5. The van der Waals surface area contributed by atoms with Gasteiger partial charge < -0.3 is 23.7 Å². The van der Waals surface area contributed by atoms with E-state index in [0.717, 1.165) is 13.8 Å². The molecule has 5 rings (SSSR count). The van der Waals surface area contributed by atoms with Gasteiger partial charge in [0.05, 0.1) is 27.6 Å². The van der Waals surface area contributed by atoms with Gasteiger partial charge in [-0.2, -0.15) is 0 Å². The van der Waals surface area contributed by atoms with Gasteiger partial charge in [0.15, 0.2) is 24.5 Å². The summed E-state index contributed by atoms with van der Waals surface area (Å²) in [6.07, 6.45) is -6.32. The van der Waals surface area contributed by atoms with Gasteiger partial charge in [-0.3, -0.25) is 19.2 Å². The summed E-state index contributed by atoms with van der Waals surface area (Å²) < 4.78 is 29.2. The molecule has 14 nitrogen and oxygen atoms in total. The molecule has 0 N–H and O–H groups in total. The van der Waals surface area contributed by atoms with Crippen LogP contribution in [0.5, 0.6) is 0 Å². The first-order chi connectivity index (χ1) is 19.1. The number of aromatic nitrogens is 5. The largest absolute Gasteiger partial charge is 0.463 e. The normalized spacial score (nSPS) is 22.6. The van der Waals surface area contributed by atoms with Crippen molar-refractivity contribution in [3.63, 3.8) is 0 Å². The van der Waals surface area contributed by atoms with Crippen molar-refractivity contribution in [3.8, 4) is 0 Å². The van der Waals surface area contributed by atoms with E-state index in [1.165, 1.54) is 18.5 Å². The van der Waals surface area contributed by atoms with Crippen LogP contribution in [0.25, 0.3) is 33.1 Å². The Balaban J connectivity index is 1.65. The van der Waals surface area contributed by atoms with E-state index in [1.54, 1.807) is 12.1 Å². The Morgan fingerprint density at radius 2 is 1.32 bits per heavy atom. The summed E-state index contributed by atoms with van der Waals surface area (Å²) in [5.74, 6) is -2.79. The van der Waals surface area contributed by atoms with E-state index < -0.39 is 54.5 Å². The van der Waals surface area contributed by atoms with E-state index in [4.69, 9.17) is 23.7 Å². The summed E-state index contributed by atoms with van der Waals surface area (Å²) in [5.41, 5.74) is 3.39. The Labute approximate surface area is 226 Å². The predicted molar refractivity (Wildman–Crippen MR) is 135 cm³/mol. The number of para-hydroxylation sites is 2. The Kier molecular flexibility index (Phi) is 7.26. The van der Waals surface area contributed by atoms with E-state index >= 15 is 0 Å². The van der Waals surface area contributed by atoms with Crippen LogP contribution in [0.2, 0.25) is 0 Å². The van der Waals surface area contributed by atoms with Gasteiger partial charge in [0.25, 0.3) is 0 Å². The minimum absolute atomic E-state index is 0.360. The highest BCUT2D eigenvalue weighted by atomic mass is 16.7. The molecule has 1 saturated heterocycles. The molecule has 0 aliphatic carbocycles. The third-order valence-electron chi connectivity index (χ3n) is 6.14. The van der Waals surface area contributed by atoms with E-state index in [0.29, 0.717) is 33.1 Å². The Morgan fingerprint density at radius 3 is 1.93 bits per heavy atom. The minimum atomic E-state index is -1.34. The van der Waals surface area contributed by atoms with Crippen LogP contribution in [-0.4, -0.2) is 79.9 Å². The average Bonchev–Trinajstić information content (AvgIpc) is 3.28. The summed E-state index contributed by atoms with van der Waals surface area (Å²) in [6.45, 7) is 4.32. The van der Waals surface area contributed by atoms with E-state index in [-0.39, 0.29) is 6.61 Å². The maximum absolute atomic E-state index is 12.2. The molecule has 0 bridgehead atoms. The number of nitrogens with zero attached hydrogens (tertiary/aromatic N) is 5. The highest BCUT2D eigenvalue weighted by molar-refractivity contribution is 5.94. The molecule has 4 aromatic rings. The van der Waals surface area contributed by atoms with Gasteiger partial charge in [-0.1, -0.05) is 17.3 Å². The highest BCUT2D eigenvalue weighted by Crippen LogP contribution is 2.36. The van der Waals surface area contributed by atoms with Crippen LogP contribution in [0.4, 0.5) is 0 Å². The van der Waals surface area contributed by atoms with E-state index in [9.17, 15) is 19.2 Å². The smallest absolute Gasteiger partial charge is 0.303 e. The van der Waals surface area contributed by atoms with Crippen LogP contribution in [0.15, 0.2) is 36.4 Å². The quantitative estimate of drug-likeness (QED) is 0.193. The molecule has 1 aliphatic heterocycles. The lowest BCUT2D eigenvalue weighted by Crippen LogP contribution is -2.60. The van der Waals surface area contributed by atoms with Crippen molar-refractivity contribution < 1.29 is 42.9 Å². The summed E-state index contributed by atoms with van der Waals surface area (Å²) in [6, 6.07) is 10.8. The van der Waals surface area contributed by atoms with Crippen molar-refractivity contribution in [2.24, 2.45) is 0 Å². The molecule has 0 saturated carbocycles. The summed E-state index contributed by atoms with van der Waals surface area (Å²) in [4.78, 5) is 57.2. The van der Waals surface area contributed by atoms with Crippen molar-refractivity contribution in [1.29, 1.82) is 0 Å². The Hall–Kier alpha value is -4.72. The Morgan fingerprint density at radius 1 is 0.750 bits per heavy atom. The molecule has 5 atom stereocenters. The molecule has 0 amide bonds. The minimum Gasteiger partial charge on any atom is -0.463 e. The van der Waals surface area contributed by atoms with Crippen LogP contribution in [0.1, 0.15) is 33.9 Å². The van der Waals surface area contributed by atoms with E-state index in [2.05, 4.69) is 20.3 Å². The third-order valence-corrected chi connectivity index (χ3v) is 6.14. The molecule has 1 aliphatic rings. The molecule has 2 aromatic carbocycles. The van der Waals surface area contributed by atoms with Gasteiger partial charge >= 0.3 is 23.9 Å². The monoisotopic (exact) mass is 551 g/mol. The molecule has 40 heavy (non-hydrogen) atoms. The lowest BCUT2D eigenvalue weighted by Gasteiger charge is -2.44. The van der Waals surface area contributed by atoms with Gasteiger partial charge in [-0.25, -0.2) is 14.6 Å². The van der Waals surface area contributed by atoms with Crippen LogP contribution >= 0.6 is 0 Å². The van der Waals surface area contributed by atoms with Crippen LogP contribution in [0, 0.1) is 0 Å². The van der Waals surface area contributed by atoms with Gasteiger partial charge in [0.1, 0.15) is 18.2 Å². The van der Waals surface area contributed by atoms with Crippen LogP contribution in [-0.2, 0) is 42.9 Å². The summed E-state index contributed by atoms with van der Waals surface area (Å²) in [5, 5.41) is 8.47. The summed E-state index contributed by atoms with van der Waals surface area (Å²) >= 11 is 0. The van der Waals surface area contributed by atoms with Gasteiger partial charge in [-0.15, -0.1) is 5.10 Å². The van der Waals surface area contributed by atoms with Crippen LogP contribution < -0.4 is 0 Å². The highest BCUT2D eigenvalue weighted by Gasteiger charge is 2.53. The second-order valence-corrected chi connectivity index (χ2v) is 9.17. The number of rotatable bonds is 6. The lowest BCUT2D eigenvalue weighted by atomic mass is 9.97. The average molecular weight is 552 g/mol. The topological polar surface area (TPSA) is 171 Å². The fraction of sp³-hybridized carbons (Fsp3) is 0.385. The van der Waals surface area contributed by atoms with Crippen molar-refractivity contribution in [1.82, 2.24) is 25.0 Å². The first-order valence-electron chi connectivity index (χ1n) is 12.3. The lowest BCUT2D eigenvalue weighted by molar-refractivity contribution is -0.269. The number of fused-ring (bicyclic) bond motifs is 3. The fourth-order valence-corrected chi connectivity index (χ4v) is 4.65. The second kappa shape index (κ2) is 10.8. The van der Waals surface area contributed by atoms with Gasteiger partial charge in [0, 0.05) is 27.7 Å². The third kappa shape index (κ3) is 5.38. The molecule has 3 heterocycles. The fourth-order valence-electron chi connectivity index (χ4n) is 4.65. The number of esters is 4. The molecule has 0 radical (unpaired) electrons. The molecule has 208 valence electrons. The summed E-state index contributed by atoms with van der Waals surface area (Å²) in [7, 11) is 0. The number of carbonyl (C=O) groups is 4. The zero-order valence-corrected chi connectivity index (χ0v) is 22.0. The molecule has 1 fully saturated rings. The second-order valence-electron chi connectivity index (χ2n) is 9.17. The number of hydrogen-bond acceptors (Lipinski definition) is 13. The van der Waals surface area contributed by atoms with Crippen molar-refractivity contribution in [2.45, 2.75) is 58.3 Å². The number of benzene rings is 2. The zero-order valence-electron chi connectivity index (χ0n) is 22.0. The number of carbonyl (C=O) groups excluding carboxylic acids is 4. The number of hydrogen-bond donors (Lipinski definition) is 0. The molecule has 0 unspecified atom stereocenters. The molecular weight excluding hydrogens is 526 g/mol.